The highest BCUT2D eigenvalue weighted by molar-refractivity contribution is 9.10. The molecule has 0 aliphatic carbocycles. The molecular formula is C18H16BrClFNO3. The maximum Gasteiger partial charge on any atom is 0.405 e. The summed E-state index contributed by atoms with van der Waals surface area (Å²) in [6.45, 7) is 3.65. The molecule has 2 aromatic carbocycles. The zero-order valence-electron chi connectivity index (χ0n) is 13.5. The molecule has 0 aromatic heterocycles. The minimum atomic E-state index is -1.15. The number of nitrogens with one attached hydrogen (secondary N) is 1. The lowest BCUT2D eigenvalue weighted by atomic mass is 9.75. The van der Waals surface area contributed by atoms with Crippen LogP contribution in [0.25, 0.3) is 0 Å². The maximum atomic E-state index is 14.1. The van der Waals surface area contributed by atoms with Crippen LogP contribution in [-0.4, -0.2) is 17.2 Å². The quantitative estimate of drug-likeness (QED) is 0.653. The van der Waals surface area contributed by atoms with Gasteiger partial charge in [-0.25, -0.2) is 9.18 Å². The summed E-state index contributed by atoms with van der Waals surface area (Å²) in [5.74, 6) is -0.523. The van der Waals surface area contributed by atoms with Crippen LogP contribution in [0.2, 0.25) is 5.02 Å². The Kier molecular flexibility index (Phi) is 4.68. The molecule has 2 aromatic rings. The molecule has 4 nitrogen and oxygen atoms in total. The van der Waals surface area contributed by atoms with Gasteiger partial charge in [-0.2, -0.15) is 0 Å². The van der Waals surface area contributed by atoms with Gasteiger partial charge in [-0.3, -0.25) is 0 Å². The van der Waals surface area contributed by atoms with Crippen LogP contribution in [0.4, 0.5) is 9.18 Å². The van der Waals surface area contributed by atoms with Crippen molar-refractivity contribution in [3.8, 4) is 5.75 Å². The second kappa shape index (κ2) is 6.50. The van der Waals surface area contributed by atoms with Gasteiger partial charge in [-0.1, -0.05) is 48.9 Å². The van der Waals surface area contributed by atoms with E-state index >= 15 is 0 Å². The van der Waals surface area contributed by atoms with Gasteiger partial charge in [0, 0.05) is 22.0 Å². The van der Waals surface area contributed by atoms with Gasteiger partial charge in [0.2, 0.25) is 0 Å². The molecule has 3 rings (SSSR count). The highest BCUT2D eigenvalue weighted by Crippen LogP contribution is 2.55. The van der Waals surface area contributed by atoms with Crippen LogP contribution in [0.3, 0.4) is 0 Å². The van der Waals surface area contributed by atoms with E-state index < -0.39 is 23.6 Å². The van der Waals surface area contributed by atoms with Crippen molar-refractivity contribution in [2.75, 3.05) is 0 Å². The molecule has 132 valence electrons. The molecule has 25 heavy (non-hydrogen) atoms. The Morgan fingerprint density at radius 1 is 1.44 bits per heavy atom. The highest BCUT2D eigenvalue weighted by Gasteiger charge is 2.53. The molecule has 0 fully saturated rings. The minimum Gasteiger partial charge on any atom is -0.479 e. The zero-order chi connectivity index (χ0) is 18.4. The second-order valence-electron chi connectivity index (χ2n) is 6.05. The van der Waals surface area contributed by atoms with Crippen molar-refractivity contribution < 1.29 is 19.0 Å². The first kappa shape index (κ1) is 18.0. The second-order valence-corrected chi connectivity index (χ2v) is 7.22. The van der Waals surface area contributed by atoms with Crippen molar-refractivity contribution in [1.29, 1.82) is 0 Å². The molecule has 0 bridgehead atoms. The standard InChI is InChI=1S/C18H16BrClFNO3/c1-9-14-13(8-12(21)16(20)15(14)19)25-18(9,10(2)22-17(23)24)11-6-4-3-5-7-11/h3-10,22H,1-2H3,(H,23,24)/t9-,10?,18+/m0/s1. The summed E-state index contributed by atoms with van der Waals surface area (Å²) in [6.07, 6.45) is -1.15. The molecule has 2 N–H and O–H groups in total. The van der Waals surface area contributed by atoms with E-state index in [9.17, 15) is 14.3 Å². The van der Waals surface area contributed by atoms with Crippen LogP contribution < -0.4 is 10.1 Å². The van der Waals surface area contributed by atoms with Crippen LogP contribution in [0, 0.1) is 5.82 Å². The number of hydrogen-bond donors (Lipinski definition) is 2. The Balaban J connectivity index is 2.21. The van der Waals surface area contributed by atoms with E-state index in [1.165, 1.54) is 6.07 Å². The fraction of sp³-hybridized carbons (Fsp3) is 0.278. The summed E-state index contributed by atoms with van der Waals surface area (Å²) in [5.41, 5.74) is 0.486. The molecule has 0 saturated carbocycles. The number of ether oxygens (including phenoxy) is 1. The topological polar surface area (TPSA) is 58.6 Å². The molecule has 0 saturated heterocycles. The number of rotatable bonds is 3. The maximum absolute atomic E-state index is 14.1. The Morgan fingerprint density at radius 3 is 2.68 bits per heavy atom. The number of carboxylic acid groups (broad SMARTS) is 1. The Labute approximate surface area is 158 Å². The first-order valence-corrected chi connectivity index (χ1v) is 8.87. The summed E-state index contributed by atoms with van der Waals surface area (Å²) in [4.78, 5) is 11.2. The van der Waals surface area contributed by atoms with Gasteiger partial charge < -0.3 is 15.2 Å². The third-order valence-corrected chi connectivity index (χ3v) is 6.15. The number of carbonyl (C=O) groups is 1. The van der Waals surface area contributed by atoms with Crippen molar-refractivity contribution in [1.82, 2.24) is 5.32 Å². The molecule has 1 aliphatic heterocycles. The Morgan fingerprint density at radius 2 is 2.08 bits per heavy atom. The number of benzene rings is 2. The monoisotopic (exact) mass is 427 g/mol. The van der Waals surface area contributed by atoms with Crippen LogP contribution in [-0.2, 0) is 5.60 Å². The Bertz CT molecular complexity index is 833. The van der Waals surface area contributed by atoms with Crippen molar-refractivity contribution in [3.05, 3.63) is 62.8 Å². The van der Waals surface area contributed by atoms with Crippen molar-refractivity contribution >= 4 is 33.6 Å². The third-order valence-electron chi connectivity index (χ3n) is 4.73. The van der Waals surface area contributed by atoms with Gasteiger partial charge >= 0.3 is 6.09 Å². The van der Waals surface area contributed by atoms with E-state index in [-0.39, 0.29) is 10.9 Å². The van der Waals surface area contributed by atoms with Crippen molar-refractivity contribution in [2.45, 2.75) is 31.4 Å². The van der Waals surface area contributed by atoms with Crippen LogP contribution in [0.5, 0.6) is 5.75 Å². The van der Waals surface area contributed by atoms with Gasteiger partial charge in [0.15, 0.2) is 5.60 Å². The first-order chi connectivity index (χ1) is 11.8. The van der Waals surface area contributed by atoms with E-state index in [1.54, 1.807) is 6.92 Å². The van der Waals surface area contributed by atoms with Crippen LogP contribution in [0.1, 0.15) is 30.9 Å². The van der Waals surface area contributed by atoms with Crippen molar-refractivity contribution in [3.63, 3.8) is 0 Å². The lowest BCUT2D eigenvalue weighted by Gasteiger charge is -2.38. The van der Waals surface area contributed by atoms with Gasteiger partial charge in [0.1, 0.15) is 11.6 Å². The molecule has 3 atom stereocenters. The predicted octanol–water partition coefficient (Wildman–Crippen LogP) is 5.29. The smallest absolute Gasteiger partial charge is 0.405 e. The average Bonchev–Trinajstić information content (AvgIpc) is 2.86. The SMILES string of the molecule is CC(NC(=O)O)[C@]1(c2ccccc2)Oc2cc(F)c(Cl)c(Br)c2[C@@H]1C. The summed E-state index contributed by atoms with van der Waals surface area (Å²) < 4.78 is 20.7. The molecule has 1 amide bonds. The fourth-order valence-corrected chi connectivity index (χ4v) is 4.46. The van der Waals surface area contributed by atoms with Gasteiger partial charge in [-0.15, -0.1) is 0 Å². The zero-order valence-corrected chi connectivity index (χ0v) is 15.9. The number of halogens is 3. The average molecular weight is 429 g/mol. The molecule has 7 heteroatoms. The summed E-state index contributed by atoms with van der Waals surface area (Å²) in [6, 6.07) is 9.97. The largest absolute Gasteiger partial charge is 0.479 e. The summed E-state index contributed by atoms with van der Waals surface area (Å²) in [7, 11) is 0. The van der Waals surface area contributed by atoms with Gasteiger partial charge in [-0.05, 0) is 28.4 Å². The summed E-state index contributed by atoms with van der Waals surface area (Å²) in [5, 5.41) is 11.7. The molecule has 1 unspecified atom stereocenters. The van der Waals surface area contributed by atoms with E-state index in [4.69, 9.17) is 16.3 Å². The third kappa shape index (κ3) is 2.77. The lowest BCUT2D eigenvalue weighted by Crippen LogP contribution is -2.52. The minimum absolute atomic E-state index is 0.0168. The number of hydrogen-bond acceptors (Lipinski definition) is 2. The Hall–Kier alpha value is -1.79. The van der Waals surface area contributed by atoms with Crippen molar-refractivity contribution in [2.24, 2.45) is 0 Å². The predicted molar refractivity (Wildman–Crippen MR) is 96.9 cm³/mol. The summed E-state index contributed by atoms with van der Waals surface area (Å²) >= 11 is 9.40. The highest BCUT2D eigenvalue weighted by atomic mass is 79.9. The van der Waals surface area contributed by atoms with Crippen LogP contribution in [0.15, 0.2) is 40.9 Å². The van der Waals surface area contributed by atoms with E-state index in [0.717, 1.165) is 5.56 Å². The lowest BCUT2D eigenvalue weighted by molar-refractivity contribution is 0.0334. The molecule has 1 aliphatic rings. The number of amides is 1. The fourth-order valence-electron chi connectivity index (χ4n) is 3.57. The van der Waals surface area contributed by atoms with E-state index in [1.807, 2.05) is 37.3 Å². The van der Waals surface area contributed by atoms with Gasteiger partial charge in [0.05, 0.1) is 11.1 Å². The van der Waals surface area contributed by atoms with E-state index in [0.29, 0.717) is 15.8 Å². The first-order valence-electron chi connectivity index (χ1n) is 7.70. The number of fused-ring (bicyclic) bond motifs is 1. The molecule has 0 spiro atoms. The molecular weight excluding hydrogens is 413 g/mol. The van der Waals surface area contributed by atoms with Crippen LogP contribution >= 0.6 is 27.5 Å². The molecule has 1 heterocycles. The molecule has 0 radical (unpaired) electrons. The van der Waals surface area contributed by atoms with E-state index in [2.05, 4.69) is 21.2 Å². The van der Waals surface area contributed by atoms with Gasteiger partial charge in [0.25, 0.3) is 0 Å². The normalized spacial score (nSPS) is 22.8.